The zero-order valence-electron chi connectivity index (χ0n) is 7.13. The Kier molecular flexibility index (Phi) is 4.06. The van der Waals surface area contributed by atoms with E-state index in [1.54, 1.807) is 0 Å². The number of alkyl halides is 1. The number of carboxylic acids is 1. The number of rotatable bonds is 4. The second-order valence-corrected chi connectivity index (χ2v) is 4.20. The molecule has 0 saturated heterocycles. The number of hydrogen-bond donors (Lipinski definition) is 1. The van der Waals surface area contributed by atoms with Crippen molar-refractivity contribution in [1.29, 1.82) is 0 Å². The predicted molar refractivity (Wildman–Crippen MR) is 51.5 cm³/mol. The molecular weight excluding hydrogens is 220 g/mol. The Balaban J connectivity index is 2.37. The first-order valence-electron chi connectivity index (χ1n) is 4.51. The van der Waals surface area contributed by atoms with E-state index >= 15 is 0 Å². The maximum absolute atomic E-state index is 10.5. The van der Waals surface area contributed by atoms with Crippen molar-refractivity contribution in [2.45, 2.75) is 32.1 Å². The number of carboxylic acid groups (broad SMARTS) is 1. The van der Waals surface area contributed by atoms with E-state index in [1.165, 1.54) is 25.7 Å². The molecule has 1 aliphatic carbocycles. The minimum Gasteiger partial charge on any atom is -0.481 e. The summed E-state index contributed by atoms with van der Waals surface area (Å²) in [5, 5.41) is 9.49. The quantitative estimate of drug-likeness (QED) is 0.760. The van der Waals surface area contributed by atoms with Crippen LogP contribution in [-0.4, -0.2) is 16.4 Å². The molecular formula is C9H15BrO2. The molecule has 0 heterocycles. The van der Waals surface area contributed by atoms with Crippen LogP contribution in [0.4, 0.5) is 0 Å². The van der Waals surface area contributed by atoms with Crippen LogP contribution in [0, 0.1) is 11.8 Å². The zero-order valence-corrected chi connectivity index (χ0v) is 8.72. The molecule has 0 spiro atoms. The fraction of sp³-hybridized carbons (Fsp3) is 0.889. The third-order valence-electron chi connectivity index (χ3n) is 2.70. The number of aliphatic carboxylic acids is 1. The molecule has 1 N–H and O–H groups in total. The summed E-state index contributed by atoms with van der Waals surface area (Å²) in [5.74, 6) is 0.344. The van der Waals surface area contributed by atoms with Crippen LogP contribution in [0.3, 0.4) is 0 Å². The normalized spacial score (nSPS) is 21.1. The van der Waals surface area contributed by atoms with E-state index < -0.39 is 5.97 Å². The molecule has 0 radical (unpaired) electrons. The van der Waals surface area contributed by atoms with Gasteiger partial charge in [0.05, 0.1) is 0 Å². The van der Waals surface area contributed by atoms with Crippen LogP contribution in [0.25, 0.3) is 0 Å². The van der Waals surface area contributed by atoms with Crippen molar-refractivity contribution in [2.24, 2.45) is 11.8 Å². The summed E-state index contributed by atoms with van der Waals surface area (Å²) >= 11 is 3.39. The molecule has 1 saturated carbocycles. The molecule has 1 atom stereocenters. The highest BCUT2D eigenvalue weighted by atomic mass is 79.9. The lowest BCUT2D eigenvalue weighted by Crippen LogP contribution is -2.17. The van der Waals surface area contributed by atoms with Gasteiger partial charge in [0.2, 0.25) is 0 Å². The van der Waals surface area contributed by atoms with Crippen LogP contribution in [0.5, 0.6) is 0 Å². The smallest absolute Gasteiger partial charge is 0.303 e. The Bertz CT molecular complexity index is 153. The second-order valence-electron chi connectivity index (χ2n) is 3.56. The molecule has 3 heteroatoms. The third kappa shape index (κ3) is 2.77. The van der Waals surface area contributed by atoms with Gasteiger partial charge < -0.3 is 5.11 Å². The number of halogens is 1. The average Bonchev–Trinajstić information content (AvgIpc) is 2.51. The first-order valence-corrected chi connectivity index (χ1v) is 5.64. The van der Waals surface area contributed by atoms with Crippen molar-refractivity contribution < 1.29 is 9.90 Å². The highest BCUT2D eigenvalue weighted by Crippen LogP contribution is 2.33. The molecule has 1 aliphatic rings. The molecule has 70 valence electrons. The van der Waals surface area contributed by atoms with Gasteiger partial charge in [0.15, 0.2) is 0 Å². The molecule has 1 fully saturated rings. The van der Waals surface area contributed by atoms with E-state index in [0.717, 1.165) is 5.33 Å². The van der Waals surface area contributed by atoms with Crippen molar-refractivity contribution in [3.05, 3.63) is 0 Å². The van der Waals surface area contributed by atoms with E-state index in [-0.39, 0.29) is 0 Å². The molecule has 1 unspecified atom stereocenters. The molecule has 0 aromatic rings. The fourth-order valence-corrected chi connectivity index (χ4v) is 2.76. The van der Waals surface area contributed by atoms with Crippen molar-refractivity contribution >= 4 is 21.9 Å². The molecule has 0 amide bonds. The second kappa shape index (κ2) is 4.85. The van der Waals surface area contributed by atoms with Crippen LogP contribution in [0.15, 0.2) is 0 Å². The Morgan fingerprint density at radius 1 is 1.50 bits per heavy atom. The van der Waals surface area contributed by atoms with Crippen LogP contribution in [0.2, 0.25) is 0 Å². The Morgan fingerprint density at radius 3 is 2.50 bits per heavy atom. The van der Waals surface area contributed by atoms with Gasteiger partial charge in [-0.3, -0.25) is 4.79 Å². The van der Waals surface area contributed by atoms with Crippen LogP contribution >= 0.6 is 15.9 Å². The highest BCUT2D eigenvalue weighted by Gasteiger charge is 2.25. The summed E-state index contributed by atoms with van der Waals surface area (Å²) < 4.78 is 0. The Labute approximate surface area is 81.5 Å². The van der Waals surface area contributed by atoms with Crippen molar-refractivity contribution in [3.8, 4) is 0 Å². The number of carbonyl (C=O) groups is 1. The summed E-state index contributed by atoms with van der Waals surface area (Å²) in [6.07, 6.45) is 5.35. The standard InChI is InChI=1S/C9H15BrO2/c10-6-8(5-9(11)12)7-3-1-2-4-7/h7-8H,1-6H2,(H,11,12). The van der Waals surface area contributed by atoms with Gasteiger partial charge in [-0.2, -0.15) is 0 Å². The molecule has 0 bridgehead atoms. The van der Waals surface area contributed by atoms with Gasteiger partial charge >= 0.3 is 5.97 Å². The third-order valence-corrected chi connectivity index (χ3v) is 3.53. The SMILES string of the molecule is O=C(O)CC(CBr)C1CCCC1. The summed E-state index contributed by atoms with van der Waals surface area (Å²) in [6.45, 7) is 0. The Morgan fingerprint density at radius 2 is 2.08 bits per heavy atom. The summed E-state index contributed by atoms with van der Waals surface area (Å²) in [5.41, 5.74) is 0. The van der Waals surface area contributed by atoms with Gasteiger partial charge in [-0.25, -0.2) is 0 Å². The van der Waals surface area contributed by atoms with Gasteiger partial charge in [-0.1, -0.05) is 41.6 Å². The Hall–Kier alpha value is -0.0500. The largest absolute Gasteiger partial charge is 0.481 e. The first kappa shape index (κ1) is 10.0. The molecule has 0 aromatic heterocycles. The van der Waals surface area contributed by atoms with Crippen molar-refractivity contribution in [3.63, 3.8) is 0 Å². The molecule has 0 aliphatic heterocycles. The van der Waals surface area contributed by atoms with Gasteiger partial charge in [-0.05, 0) is 11.8 Å². The first-order chi connectivity index (χ1) is 5.74. The lowest BCUT2D eigenvalue weighted by Gasteiger charge is -2.18. The average molecular weight is 235 g/mol. The predicted octanol–water partition coefficient (Wildman–Crippen LogP) is 2.66. The minimum absolute atomic E-state index is 0.329. The lowest BCUT2D eigenvalue weighted by molar-refractivity contribution is -0.138. The van der Waals surface area contributed by atoms with E-state index in [4.69, 9.17) is 5.11 Å². The van der Waals surface area contributed by atoms with Gasteiger partial charge in [0.25, 0.3) is 0 Å². The van der Waals surface area contributed by atoms with E-state index in [0.29, 0.717) is 18.3 Å². The molecule has 12 heavy (non-hydrogen) atoms. The van der Waals surface area contributed by atoms with Crippen LogP contribution < -0.4 is 0 Å². The van der Waals surface area contributed by atoms with E-state index in [9.17, 15) is 4.79 Å². The summed E-state index contributed by atoms with van der Waals surface area (Å²) in [7, 11) is 0. The number of hydrogen-bond acceptors (Lipinski definition) is 1. The van der Waals surface area contributed by atoms with Gasteiger partial charge in [-0.15, -0.1) is 0 Å². The zero-order chi connectivity index (χ0) is 8.97. The minimum atomic E-state index is -0.661. The lowest BCUT2D eigenvalue weighted by atomic mass is 9.90. The van der Waals surface area contributed by atoms with Crippen molar-refractivity contribution in [1.82, 2.24) is 0 Å². The van der Waals surface area contributed by atoms with Crippen LogP contribution in [0.1, 0.15) is 32.1 Å². The van der Waals surface area contributed by atoms with E-state index in [2.05, 4.69) is 15.9 Å². The van der Waals surface area contributed by atoms with Gasteiger partial charge in [0.1, 0.15) is 0 Å². The van der Waals surface area contributed by atoms with Crippen molar-refractivity contribution in [2.75, 3.05) is 5.33 Å². The summed E-state index contributed by atoms with van der Waals surface area (Å²) in [6, 6.07) is 0. The fourth-order valence-electron chi connectivity index (χ4n) is 2.00. The maximum Gasteiger partial charge on any atom is 0.303 e. The van der Waals surface area contributed by atoms with Gasteiger partial charge in [0, 0.05) is 11.8 Å². The molecule has 2 nitrogen and oxygen atoms in total. The summed E-state index contributed by atoms with van der Waals surface area (Å²) in [4.78, 5) is 10.5. The van der Waals surface area contributed by atoms with E-state index in [1.807, 2.05) is 0 Å². The maximum atomic E-state index is 10.5. The topological polar surface area (TPSA) is 37.3 Å². The monoisotopic (exact) mass is 234 g/mol. The molecule has 0 aromatic carbocycles. The highest BCUT2D eigenvalue weighted by molar-refractivity contribution is 9.09. The molecule has 1 rings (SSSR count). The van der Waals surface area contributed by atoms with Crippen LogP contribution in [-0.2, 0) is 4.79 Å².